The molecule has 0 saturated carbocycles. The van der Waals surface area contributed by atoms with Gasteiger partial charge in [-0.05, 0) is 25.5 Å². The number of aliphatic hydroxyl groups is 1. The zero-order valence-electron chi connectivity index (χ0n) is 11.3. The van der Waals surface area contributed by atoms with Gasteiger partial charge in [0.2, 0.25) is 0 Å². The van der Waals surface area contributed by atoms with Crippen LogP contribution in [-0.2, 0) is 0 Å². The fraction of sp³-hybridized carbons (Fsp3) is 0.538. The summed E-state index contributed by atoms with van der Waals surface area (Å²) < 4.78 is 5.46. The van der Waals surface area contributed by atoms with Crippen molar-refractivity contribution in [1.29, 1.82) is 0 Å². The van der Waals surface area contributed by atoms with E-state index in [1.54, 1.807) is 19.1 Å². The van der Waals surface area contributed by atoms with Crippen LogP contribution in [0.25, 0.3) is 0 Å². The predicted octanol–water partition coefficient (Wildman–Crippen LogP) is 0.616. The van der Waals surface area contributed by atoms with Gasteiger partial charge in [-0.1, -0.05) is 6.07 Å². The number of benzene rings is 1. The van der Waals surface area contributed by atoms with Gasteiger partial charge in [0.05, 0.1) is 24.2 Å². The van der Waals surface area contributed by atoms with Crippen LogP contribution in [0.5, 0.6) is 5.75 Å². The van der Waals surface area contributed by atoms with E-state index < -0.39 is 4.92 Å². The molecule has 0 aliphatic carbocycles. The summed E-state index contributed by atoms with van der Waals surface area (Å²) in [5.41, 5.74) is 0.930. The number of nitro groups is 1. The fourth-order valence-corrected chi connectivity index (χ4v) is 1.66. The standard InChI is InChI=1S/C13H20N2O4/c1-10-4-5-12(15(17)18)13(8-10)19-7-3-6-14-9-11(2)16/h4-5,8,11,14,16H,3,6-7,9H2,1-2H3/p+1/t11-/m0/s1. The maximum absolute atomic E-state index is 10.8. The number of aryl methyl sites for hydroxylation is 1. The molecule has 0 aliphatic heterocycles. The lowest BCUT2D eigenvalue weighted by molar-refractivity contribution is -0.660. The van der Waals surface area contributed by atoms with Crippen LogP contribution in [0, 0.1) is 17.0 Å². The van der Waals surface area contributed by atoms with Gasteiger partial charge in [0, 0.05) is 12.5 Å². The van der Waals surface area contributed by atoms with E-state index in [1.165, 1.54) is 6.07 Å². The minimum Gasteiger partial charge on any atom is -0.487 e. The summed E-state index contributed by atoms with van der Waals surface area (Å²) in [4.78, 5) is 10.4. The third-order valence-electron chi connectivity index (χ3n) is 2.63. The summed E-state index contributed by atoms with van der Waals surface area (Å²) in [6, 6.07) is 4.84. The minimum absolute atomic E-state index is 0.00133. The van der Waals surface area contributed by atoms with Crippen molar-refractivity contribution >= 4 is 5.69 Å². The van der Waals surface area contributed by atoms with Crippen molar-refractivity contribution in [1.82, 2.24) is 0 Å². The van der Waals surface area contributed by atoms with E-state index in [0.717, 1.165) is 18.5 Å². The highest BCUT2D eigenvalue weighted by atomic mass is 16.6. The second-order valence-electron chi connectivity index (χ2n) is 4.59. The van der Waals surface area contributed by atoms with Gasteiger partial charge in [0.15, 0.2) is 5.75 Å². The summed E-state index contributed by atoms with van der Waals surface area (Å²) >= 11 is 0. The van der Waals surface area contributed by atoms with E-state index in [2.05, 4.69) is 0 Å². The third kappa shape index (κ3) is 5.67. The monoisotopic (exact) mass is 269 g/mol. The van der Waals surface area contributed by atoms with E-state index in [4.69, 9.17) is 9.84 Å². The zero-order chi connectivity index (χ0) is 14.3. The molecular formula is C13H21N2O4+. The van der Waals surface area contributed by atoms with Crippen molar-refractivity contribution < 1.29 is 20.1 Å². The molecule has 0 saturated heterocycles. The lowest BCUT2D eigenvalue weighted by Gasteiger charge is -2.07. The first-order valence-electron chi connectivity index (χ1n) is 6.38. The lowest BCUT2D eigenvalue weighted by atomic mass is 10.2. The average Bonchev–Trinajstić information content (AvgIpc) is 2.33. The Kier molecular flexibility index (Phi) is 6.24. The number of hydrogen-bond donors (Lipinski definition) is 2. The van der Waals surface area contributed by atoms with Gasteiger partial charge >= 0.3 is 5.69 Å². The Hall–Kier alpha value is -1.66. The Morgan fingerprint density at radius 3 is 2.89 bits per heavy atom. The highest BCUT2D eigenvalue weighted by Gasteiger charge is 2.14. The number of ether oxygens (including phenoxy) is 1. The minimum atomic E-state index is -0.436. The Bertz CT molecular complexity index is 421. The SMILES string of the molecule is Cc1ccc([N+](=O)[O-])c(OCCC[NH2+]C[C@H](C)O)c1. The van der Waals surface area contributed by atoms with Crippen LogP contribution in [0.1, 0.15) is 18.9 Å². The summed E-state index contributed by atoms with van der Waals surface area (Å²) in [5, 5.41) is 21.9. The maximum atomic E-state index is 10.8. The van der Waals surface area contributed by atoms with Crippen LogP contribution in [0.3, 0.4) is 0 Å². The molecule has 106 valence electrons. The molecule has 0 unspecified atom stereocenters. The Morgan fingerprint density at radius 1 is 1.53 bits per heavy atom. The molecule has 0 aliphatic rings. The van der Waals surface area contributed by atoms with Gasteiger partial charge in [-0.15, -0.1) is 0 Å². The molecule has 0 aromatic heterocycles. The van der Waals surface area contributed by atoms with Crippen molar-refractivity contribution in [2.24, 2.45) is 0 Å². The van der Waals surface area contributed by atoms with Crippen LogP contribution >= 0.6 is 0 Å². The molecule has 0 amide bonds. The number of nitrogens with two attached hydrogens (primary N) is 1. The molecule has 0 spiro atoms. The van der Waals surface area contributed by atoms with Crippen LogP contribution in [-0.4, -0.2) is 35.8 Å². The Labute approximate surface area is 112 Å². The lowest BCUT2D eigenvalue weighted by Crippen LogP contribution is -2.86. The fourth-order valence-electron chi connectivity index (χ4n) is 1.66. The van der Waals surface area contributed by atoms with Crippen molar-refractivity contribution in [3.63, 3.8) is 0 Å². The van der Waals surface area contributed by atoms with Crippen molar-refractivity contribution in [3.8, 4) is 5.75 Å². The van der Waals surface area contributed by atoms with E-state index in [1.807, 2.05) is 12.2 Å². The van der Waals surface area contributed by atoms with Crippen molar-refractivity contribution in [2.45, 2.75) is 26.4 Å². The molecule has 1 aromatic carbocycles. The molecular weight excluding hydrogens is 248 g/mol. The number of nitro benzene ring substituents is 1. The van der Waals surface area contributed by atoms with Gasteiger partial charge < -0.3 is 15.2 Å². The third-order valence-corrected chi connectivity index (χ3v) is 2.63. The van der Waals surface area contributed by atoms with Crippen molar-refractivity contribution in [3.05, 3.63) is 33.9 Å². The Morgan fingerprint density at radius 2 is 2.26 bits per heavy atom. The van der Waals surface area contributed by atoms with Crippen LogP contribution < -0.4 is 10.1 Å². The van der Waals surface area contributed by atoms with Gasteiger partial charge in [0.1, 0.15) is 6.54 Å². The first-order valence-corrected chi connectivity index (χ1v) is 6.38. The molecule has 19 heavy (non-hydrogen) atoms. The zero-order valence-corrected chi connectivity index (χ0v) is 11.3. The maximum Gasteiger partial charge on any atom is 0.310 e. The molecule has 6 nitrogen and oxygen atoms in total. The highest BCUT2D eigenvalue weighted by molar-refractivity contribution is 5.48. The molecule has 3 N–H and O–H groups in total. The predicted molar refractivity (Wildman–Crippen MR) is 71.3 cm³/mol. The molecule has 0 fully saturated rings. The smallest absolute Gasteiger partial charge is 0.310 e. The second kappa shape index (κ2) is 7.70. The average molecular weight is 269 g/mol. The van der Waals surface area contributed by atoms with Crippen LogP contribution in [0.4, 0.5) is 5.69 Å². The number of rotatable bonds is 8. The van der Waals surface area contributed by atoms with Gasteiger partial charge in [-0.3, -0.25) is 10.1 Å². The molecule has 0 radical (unpaired) electrons. The summed E-state index contributed by atoms with van der Waals surface area (Å²) in [6.07, 6.45) is 0.455. The van der Waals surface area contributed by atoms with Crippen LogP contribution in [0.15, 0.2) is 18.2 Å². The van der Waals surface area contributed by atoms with Crippen molar-refractivity contribution in [2.75, 3.05) is 19.7 Å². The van der Waals surface area contributed by atoms with Gasteiger partial charge in [-0.25, -0.2) is 0 Å². The summed E-state index contributed by atoms with van der Waals surface area (Å²) in [6.45, 7) is 5.52. The number of quaternary nitrogens is 1. The van der Waals surface area contributed by atoms with Crippen LogP contribution in [0.2, 0.25) is 0 Å². The van der Waals surface area contributed by atoms with E-state index in [0.29, 0.717) is 18.9 Å². The Balaban J connectivity index is 2.40. The topological polar surface area (TPSA) is 89.2 Å². The quantitative estimate of drug-likeness (QED) is 0.411. The molecule has 1 aromatic rings. The molecule has 1 rings (SSSR count). The summed E-state index contributed by atoms with van der Waals surface area (Å²) in [7, 11) is 0. The highest BCUT2D eigenvalue weighted by Crippen LogP contribution is 2.27. The molecule has 6 heteroatoms. The number of hydrogen-bond acceptors (Lipinski definition) is 4. The largest absolute Gasteiger partial charge is 0.487 e. The molecule has 0 bridgehead atoms. The van der Waals surface area contributed by atoms with Gasteiger partial charge in [-0.2, -0.15) is 0 Å². The molecule has 0 heterocycles. The second-order valence-corrected chi connectivity index (χ2v) is 4.59. The first kappa shape index (κ1) is 15.4. The number of aliphatic hydroxyl groups excluding tert-OH is 1. The van der Waals surface area contributed by atoms with Gasteiger partial charge in [0.25, 0.3) is 0 Å². The normalized spacial score (nSPS) is 12.2. The van der Waals surface area contributed by atoms with E-state index in [9.17, 15) is 10.1 Å². The van der Waals surface area contributed by atoms with E-state index >= 15 is 0 Å². The van der Waals surface area contributed by atoms with E-state index in [-0.39, 0.29) is 11.8 Å². The molecule has 1 atom stereocenters. The summed E-state index contributed by atoms with van der Waals surface area (Å²) in [5.74, 6) is 0.320. The number of nitrogens with zero attached hydrogens (tertiary/aromatic N) is 1. The first-order chi connectivity index (χ1) is 9.00.